The Hall–Kier alpha value is -3.88. The highest BCUT2D eigenvalue weighted by Crippen LogP contribution is 2.35. The van der Waals surface area contributed by atoms with Crippen molar-refractivity contribution in [1.82, 2.24) is 24.8 Å². The zero-order valence-corrected chi connectivity index (χ0v) is 21.6. The van der Waals surface area contributed by atoms with Crippen LogP contribution in [0.2, 0.25) is 0 Å². The Morgan fingerprint density at radius 3 is 2.65 bits per heavy atom. The fourth-order valence-corrected chi connectivity index (χ4v) is 4.48. The fourth-order valence-electron chi connectivity index (χ4n) is 3.32. The van der Waals surface area contributed by atoms with E-state index >= 15 is 0 Å². The van der Waals surface area contributed by atoms with Gasteiger partial charge in [-0.05, 0) is 38.5 Å². The van der Waals surface area contributed by atoms with Crippen molar-refractivity contribution >= 4 is 21.6 Å². The number of hydrogen-bond acceptors (Lipinski definition) is 9. The maximum atomic E-state index is 13.0. The Morgan fingerprint density at radius 1 is 1.27 bits per heavy atom. The predicted octanol–water partition coefficient (Wildman–Crippen LogP) is 2.72. The van der Waals surface area contributed by atoms with Gasteiger partial charge in [0.25, 0.3) is 11.6 Å². The van der Waals surface area contributed by atoms with Gasteiger partial charge < -0.3 is 14.8 Å². The van der Waals surface area contributed by atoms with Gasteiger partial charge in [-0.1, -0.05) is 6.07 Å². The third-order valence-corrected chi connectivity index (χ3v) is 6.69. The highest BCUT2D eigenvalue weighted by atomic mass is 32.2. The molecule has 2 N–H and O–H groups in total. The van der Waals surface area contributed by atoms with Crippen molar-refractivity contribution in [2.24, 2.45) is 0 Å². The van der Waals surface area contributed by atoms with Crippen LogP contribution in [0.1, 0.15) is 41.5 Å². The standard InChI is InChI=1S/C23H28N6O7S/c1-15(2)28-23(16(3)21(27-28)22(30)25-14-17-6-5-9-24-13-17)36-19-8-7-18(29(31)32)12-20(19)37(33,34)26-10-11-35-4/h5-9,12-13,15,26H,10-11,14H2,1-4H3,(H,25,30). The number of rotatable bonds is 12. The number of nitrogens with one attached hydrogen (secondary N) is 2. The number of ether oxygens (including phenoxy) is 2. The second kappa shape index (κ2) is 11.9. The van der Waals surface area contributed by atoms with E-state index in [4.69, 9.17) is 9.47 Å². The molecule has 1 aromatic carbocycles. The van der Waals surface area contributed by atoms with Crippen LogP contribution in [-0.4, -0.2) is 54.3 Å². The highest BCUT2D eigenvalue weighted by Gasteiger charge is 2.28. The molecule has 0 atom stereocenters. The summed E-state index contributed by atoms with van der Waals surface area (Å²) in [6, 6.07) is 6.56. The number of nitro benzene ring substituents is 1. The van der Waals surface area contributed by atoms with Gasteiger partial charge in [-0.25, -0.2) is 17.8 Å². The summed E-state index contributed by atoms with van der Waals surface area (Å²) in [4.78, 5) is 27.1. The Bertz CT molecular complexity index is 1370. The Labute approximate surface area is 214 Å². The van der Waals surface area contributed by atoms with Gasteiger partial charge in [-0.15, -0.1) is 0 Å². The quantitative estimate of drug-likeness (QED) is 0.202. The monoisotopic (exact) mass is 532 g/mol. The van der Waals surface area contributed by atoms with E-state index in [0.29, 0.717) is 5.56 Å². The molecule has 0 bridgehead atoms. The molecule has 2 heterocycles. The summed E-state index contributed by atoms with van der Waals surface area (Å²) in [6.07, 6.45) is 3.26. The van der Waals surface area contributed by atoms with E-state index in [2.05, 4.69) is 20.1 Å². The molecule has 0 aliphatic rings. The normalized spacial score (nSPS) is 11.5. The SMILES string of the molecule is COCCNS(=O)(=O)c1cc([N+](=O)[O-])ccc1Oc1c(C)c(C(=O)NCc2cccnc2)nn1C(C)C. The molecular formula is C23H28N6O7S. The molecule has 1 amide bonds. The van der Waals surface area contributed by atoms with Crippen LogP contribution >= 0.6 is 0 Å². The highest BCUT2D eigenvalue weighted by molar-refractivity contribution is 7.89. The Balaban J connectivity index is 1.98. The van der Waals surface area contributed by atoms with Crippen molar-refractivity contribution < 1.29 is 27.6 Å². The minimum absolute atomic E-state index is 0.0504. The van der Waals surface area contributed by atoms with Gasteiger partial charge in [0.1, 0.15) is 10.6 Å². The molecule has 2 aromatic heterocycles. The van der Waals surface area contributed by atoms with E-state index in [0.717, 1.165) is 17.7 Å². The third kappa shape index (κ3) is 6.67. The minimum Gasteiger partial charge on any atom is -0.438 e. The van der Waals surface area contributed by atoms with Gasteiger partial charge in [-0.3, -0.25) is 19.9 Å². The van der Waals surface area contributed by atoms with Gasteiger partial charge >= 0.3 is 0 Å². The summed E-state index contributed by atoms with van der Waals surface area (Å²) in [5.41, 5.74) is 0.836. The van der Waals surface area contributed by atoms with E-state index in [1.54, 1.807) is 25.4 Å². The Kier molecular flexibility index (Phi) is 8.91. The van der Waals surface area contributed by atoms with E-state index in [1.807, 2.05) is 19.9 Å². The van der Waals surface area contributed by atoms with Crippen molar-refractivity contribution in [3.63, 3.8) is 0 Å². The van der Waals surface area contributed by atoms with Crippen molar-refractivity contribution in [1.29, 1.82) is 0 Å². The summed E-state index contributed by atoms with van der Waals surface area (Å²) >= 11 is 0. The minimum atomic E-state index is -4.21. The predicted molar refractivity (Wildman–Crippen MR) is 133 cm³/mol. The fraction of sp³-hybridized carbons (Fsp3) is 0.348. The molecular weight excluding hydrogens is 504 g/mol. The number of benzene rings is 1. The summed E-state index contributed by atoms with van der Waals surface area (Å²) in [5.74, 6) is -0.491. The second-order valence-corrected chi connectivity index (χ2v) is 9.98. The number of non-ortho nitro benzene ring substituents is 1. The molecule has 3 rings (SSSR count). The lowest BCUT2D eigenvalue weighted by atomic mass is 10.2. The number of pyridine rings is 1. The third-order valence-electron chi connectivity index (χ3n) is 5.20. The van der Waals surface area contributed by atoms with Crippen molar-refractivity contribution in [2.75, 3.05) is 20.3 Å². The van der Waals surface area contributed by atoms with Gasteiger partial charge in [0.2, 0.25) is 15.9 Å². The van der Waals surface area contributed by atoms with E-state index < -0.39 is 31.4 Å². The summed E-state index contributed by atoms with van der Waals surface area (Å²) in [6.45, 7) is 5.53. The average molecular weight is 533 g/mol. The van der Waals surface area contributed by atoms with E-state index in [9.17, 15) is 23.3 Å². The summed E-state index contributed by atoms with van der Waals surface area (Å²) in [5, 5.41) is 18.5. The van der Waals surface area contributed by atoms with Crippen LogP contribution in [0.25, 0.3) is 0 Å². The first-order valence-corrected chi connectivity index (χ1v) is 12.7. The average Bonchev–Trinajstić information content (AvgIpc) is 3.19. The Morgan fingerprint density at radius 2 is 2.03 bits per heavy atom. The first kappa shape index (κ1) is 27.7. The number of aromatic nitrogens is 3. The van der Waals surface area contributed by atoms with Crippen molar-refractivity contribution in [3.05, 3.63) is 69.7 Å². The van der Waals surface area contributed by atoms with E-state index in [1.165, 1.54) is 17.9 Å². The number of amides is 1. The summed E-state index contributed by atoms with van der Waals surface area (Å²) in [7, 11) is -2.80. The molecule has 0 aliphatic heterocycles. The van der Waals surface area contributed by atoms with Crippen LogP contribution in [0, 0.1) is 17.0 Å². The first-order valence-electron chi connectivity index (χ1n) is 11.3. The van der Waals surface area contributed by atoms with Gasteiger partial charge in [0.05, 0.1) is 17.6 Å². The van der Waals surface area contributed by atoms with Crippen LogP contribution in [0.3, 0.4) is 0 Å². The molecule has 0 saturated carbocycles. The van der Waals surface area contributed by atoms with Crippen molar-refractivity contribution in [3.8, 4) is 11.6 Å². The molecule has 0 saturated heterocycles. The van der Waals surface area contributed by atoms with E-state index in [-0.39, 0.29) is 43.1 Å². The van der Waals surface area contributed by atoms with Gasteiger partial charge in [0, 0.05) is 50.3 Å². The molecule has 0 radical (unpaired) electrons. The molecule has 0 unspecified atom stereocenters. The summed E-state index contributed by atoms with van der Waals surface area (Å²) < 4.78 is 40.6. The zero-order chi connectivity index (χ0) is 27.2. The van der Waals surface area contributed by atoms with Gasteiger partial charge in [-0.2, -0.15) is 5.10 Å². The first-order chi connectivity index (χ1) is 17.5. The number of methoxy groups -OCH3 is 1. The maximum absolute atomic E-state index is 13.0. The smallest absolute Gasteiger partial charge is 0.272 e. The number of nitro groups is 1. The lowest BCUT2D eigenvalue weighted by Gasteiger charge is -2.15. The number of sulfonamides is 1. The van der Waals surface area contributed by atoms with Crippen LogP contribution in [-0.2, 0) is 21.3 Å². The number of carbonyl (C=O) groups is 1. The van der Waals surface area contributed by atoms with Crippen LogP contribution in [0.4, 0.5) is 5.69 Å². The molecule has 3 aromatic rings. The molecule has 0 spiro atoms. The van der Waals surface area contributed by atoms with Crippen LogP contribution in [0.5, 0.6) is 11.6 Å². The maximum Gasteiger partial charge on any atom is 0.272 e. The number of carbonyl (C=O) groups excluding carboxylic acids is 1. The molecule has 14 heteroatoms. The molecule has 198 valence electrons. The van der Waals surface area contributed by atoms with Gasteiger partial charge in [0.15, 0.2) is 5.69 Å². The topological polar surface area (TPSA) is 168 Å². The molecule has 0 fully saturated rings. The van der Waals surface area contributed by atoms with Crippen LogP contribution in [0.15, 0.2) is 47.6 Å². The molecule has 37 heavy (non-hydrogen) atoms. The number of hydrogen-bond donors (Lipinski definition) is 2. The van der Waals surface area contributed by atoms with Crippen LogP contribution < -0.4 is 14.8 Å². The molecule has 13 nitrogen and oxygen atoms in total. The number of nitrogens with zero attached hydrogens (tertiary/aromatic N) is 4. The lowest BCUT2D eigenvalue weighted by molar-refractivity contribution is -0.385. The van der Waals surface area contributed by atoms with Crippen molar-refractivity contribution in [2.45, 2.75) is 38.3 Å². The second-order valence-electron chi connectivity index (χ2n) is 8.24. The largest absolute Gasteiger partial charge is 0.438 e. The molecule has 0 aliphatic carbocycles. The zero-order valence-electron chi connectivity index (χ0n) is 20.8. The lowest BCUT2D eigenvalue weighted by Crippen LogP contribution is -2.27.